The summed E-state index contributed by atoms with van der Waals surface area (Å²) in [5.41, 5.74) is -0.362. The summed E-state index contributed by atoms with van der Waals surface area (Å²) in [6.07, 6.45) is -3.00. The molecule has 0 aliphatic rings. The zero-order valence-electron chi connectivity index (χ0n) is 9.87. The Bertz CT molecular complexity index is 580. The van der Waals surface area contributed by atoms with Crippen molar-refractivity contribution in [1.82, 2.24) is 14.8 Å². The number of aryl methyl sites for hydroxylation is 1. The summed E-state index contributed by atoms with van der Waals surface area (Å²) in [6.45, 7) is 0.321. The first kappa shape index (κ1) is 13.7. The number of hydrogen-bond acceptors (Lipinski definition) is 3. The van der Waals surface area contributed by atoms with Crippen molar-refractivity contribution < 1.29 is 13.2 Å². The highest BCUT2D eigenvalue weighted by atomic mass is 35.5. The average Bonchev–Trinajstić information content (AvgIpc) is 2.72. The number of alkyl halides is 3. The second-order valence-corrected chi connectivity index (χ2v) is 4.25. The SMILES string of the molecule is Cn1ncnc1CNc1ccc(C(F)(F)F)cc1Cl. The molecule has 0 atom stereocenters. The van der Waals surface area contributed by atoms with Crippen LogP contribution in [0.3, 0.4) is 0 Å². The van der Waals surface area contributed by atoms with Gasteiger partial charge in [-0.05, 0) is 18.2 Å². The van der Waals surface area contributed by atoms with Gasteiger partial charge in [-0.15, -0.1) is 0 Å². The Morgan fingerprint density at radius 1 is 1.37 bits per heavy atom. The van der Waals surface area contributed by atoms with Crippen LogP contribution in [0.5, 0.6) is 0 Å². The van der Waals surface area contributed by atoms with Crippen LogP contribution in [0.15, 0.2) is 24.5 Å². The highest BCUT2D eigenvalue weighted by Crippen LogP contribution is 2.33. The number of nitrogens with one attached hydrogen (secondary N) is 1. The summed E-state index contributed by atoms with van der Waals surface area (Å²) in [6, 6.07) is 3.16. The number of anilines is 1. The molecular formula is C11H10ClF3N4. The molecule has 1 aromatic heterocycles. The van der Waals surface area contributed by atoms with E-state index >= 15 is 0 Å². The first-order valence-electron chi connectivity index (χ1n) is 5.31. The molecule has 0 radical (unpaired) electrons. The third kappa shape index (κ3) is 3.17. The van der Waals surface area contributed by atoms with Crippen LogP contribution in [0.1, 0.15) is 11.4 Å². The Morgan fingerprint density at radius 2 is 2.11 bits per heavy atom. The summed E-state index contributed by atoms with van der Waals surface area (Å²) in [4.78, 5) is 3.98. The zero-order valence-corrected chi connectivity index (χ0v) is 10.6. The van der Waals surface area contributed by atoms with E-state index in [0.717, 1.165) is 12.1 Å². The molecule has 0 spiro atoms. The standard InChI is InChI=1S/C11H10ClF3N4/c1-19-10(17-6-18-19)5-16-9-3-2-7(4-8(9)12)11(13,14)15/h2-4,6,16H,5H2,1H3. The lowest BCUT2D eigenvalue weighted by Crippen LogP contribution is -2.08. The Labute approximate surface area is 112 Å². The van der Waals surface area contributed by atoms with E-state index < -0.39 is 11.7 Å². The molecule has 0 aliphatic heterocycles. The quantitative estimate of drug-likeness (QED) is 0.944. The van der Waals surface area contributed by atoms with Gasteiger partial charge in [0.15, 0.2) is 0 Å². The van der Waals surface area contributed by atoms with Crippen LogP contribution in [-0.4, -0.2) is 14.8 Å². The molecule has 2 rings (SSSR count). The van der Waals surface area contributed by atoms with Crippen molar-refractivity contribution in [3.8, 4) is 0 Å². The normalized spacial score (nSPS) is 11.6. The topological polar surface area (TPSA) is 42.7 Å². The molecule has 0 aliphatic carbocycles. The van der Waals surface area contributed by atoms with E-state index in [4.69, 9.17) is 11.6 Å². The molecule has 1 N–H and O–H groups in total. The number of rotatable bonds is 3. The van der Waals surface area contributed by atoms with E-state index in [0.29, 0.717) is 18.1 Å². The van der Waals surface area contributed by atoms with Crippen molar-refractivity contribution in [2.75, 3.05) is 5.32 Å². The zero-order chi connectivity index (χ0) is 14.0. The lowest BCUT2D eigenvalue weighted by Gasteiger charge is -2.11. The van der Waals surface area contributed by atoms with Gasteiger partial charge in [-0.25, -0.2) is 4.98 Å². The summed E-state index contributed by atoms with van der Waals surface area (Å²) in [5, 5.41) is 6.80. The number of hydrogen-bond donors (Lipinski definition) is 1. The number of aromatic nitrogens is 3. The first-order chi connectivity index (χ1) is 8.88. The van der Waals surface area contributed by atoms with Crippen molar-refractivity contribution in [1.29, 1.82) is 0 Å². The minimum atomic E-state index is -4.40. The van der Waals surface area contributed by atoms with Crippen molar-refractivity contribution in [3.63, 3.8) is 0 Å². The molecule has 0 amide bonds. The van der Waals surface area contributed by atoms with Gasteiger partial charge in [0.1, 0.15) is 12.2 Å². The fourth-order valence-electron chi connectivity index (χ4n) is 1.49. The van der Waals surface area contributed by atoms with E-state index in [9.17, 15) is 13.2 Å². The van der Waals surface area contributed by atoms with Crippen LogP contribution in [0.4, 0.5) is 18.9 Å². The molecular weight excluding hydrogens is 281 g/mol. The lowest BCUT2D eigenvalue weighted by molar-refractivity contribution is -0.137. The van der Waals surface area contributed by atoms with Crippen LogP contribution >= 0.6 is 11.6 Å². The average molecular weight is 291 g/mol. The summed E-state index contributed by atoms with van der Waals surface area (Å²) in [7, 11) is 1.72. The molecule has 0 saturated heterocycles. The third-order valence-electron chi connectivity index (χ3n) is 2.54. The van der Waals surface area contributed by atoms with Crippen LogP contribution in [-0.2, 0) is 19.8 Å². The number of benzene rings is 1. The molecule has 102 valence electrons. The maximum absolute atomic E-state index is 12.5. The van der Waals surface area contributed by atoms with Gasteiger partial charge in [-0.2, -0.15) is 18.3 Å². The molecule has 1 aromatic carbocycles. The first-order valence-corrected chi connectivity index (χ1v) is 5.69. The largest absolute Gasteiger partial charge is 0.416 e. The van der Waals surface area contributed by atoms with Gasteiger partial charge >= 0.3 is 6.18 Å². The molecule has 19 heavy (non-hydrogen) atoms. The fraction of sp³-hybridized carbons (Fsp3) is 0.273. The fourth-order valence-corrected chi connectivity index (χ4v) is 1.74. The molecule has 1 heterocycles. The van der Waals surface area contributed by atoms with Crippen molar-refractivity contribution >= 4 is 17.3 Å². The Morgan fingerprint density at radius 3 is 2.63 bits per heavy atom. The van der Waals surface area contributed by atoms with Gasteiger partial charge in [0.2, 0.25) is 0 Å². The van der Waals surface area contributed by atoms with Crippen molar-refractivity contribution in [3.05, 3.63) is 40.9 Å². The minimum Gasteiger partial charge on any atom is -0.377 e. The molecule has 0 bridgehead atoms. The molecule has 0 saturated carbocycles. The number of halogens is 4. The Balaban J connectivity index is 2.12. The lowest BCUT2D eigenvalue weighted by atomic mass is 10.2. The van der Waals surface area contributed by atoms with Crippen molar-refractivity contribution in [2.24, 2.45) is 7.05 Å². The monoisotopic (exact) mass is 290 g/mol. The van der Waals surface area contributed by atoms with Gasteiger partial charge in [-0.3, -0.25) is 4.68 Å². The van der Waals surface area contributed by atoms with E-state index in [1.54, 1.807) is 11.7 Å². The molecule has 0 unspecified atom stereocenters. The second-order valence-electron chi connectivity index (χ2n) is 3.85. The van der Waals surface area contributed by atoms with Crippen molar-refractivity contribution in [2.45, 2.75) is 12.7 Å². The molecule has 4 nitrogen and oxygen atoms in total. The molecule has 0 fully saturated rings. The molecule has 8 heteroatoms. The van der Waals surface area contributed by atoms with E-state index in [1.165, 1.54) is 12.4 Å². The van der Waals surface area contributed by atoms with Gasteiger partial charge in [-0.1, -0.05) is 11.6 Å². The van der Waals surface area contributed by atoms with E-state index in [1.807, 2.05) is 0 Å². The van der Waals surface area contributed by atoms with Crippen LogP contribution in [0.2, 0.25) is 5.02 Å². The maximum Gasteiger partial charge on any atom is 0.416 e. The summed E-state index contributed by atoms with van der Waals surface area (Å²) < 4.78 is 38.9. The van der Waals surface area contributed by atoms with E-state index in [-0.39, 0.29) is 5.02 Å². The highest BCUT2D eigenvalue weighted by Gasteiger charge is 2.30. The van der Waals surface area contributed by atoms with Crippen LogP contribution in [0.25, 0.3) is 0 Å². The summed E-state index contributed by atoms with van der Waals surface area (Å²) in [5.74, 6) is 0.649. The van der Waals surface area contributed by atoms with Crippen LogP contribution < -0.4 is 5.32 Å². The predicted octanol–water partition coefficient (Wildman–Crippen LogP) is 3.10. The second kappa shape index (κ2) is 5.08. The minimum absolute atomic E-state index is 0.0111. The highest BCUT2D eigenvalue weighted by molar-refractivity contribution is 6.33. The predicted molar refractivity (Wildman–Crippen MR) is 64.8 cm³/mol. The van der Waals surface area contributed by atoms with Gasteiger partial charge in [0.25, 0.3) is 0 Å². The Kier molecular flexibility index (Phi) is 3.66. The Hall–Kier alpha value is -1.76. The van der Waals surface area contributed by atoms with Gasteiger partial charge in [0, 0.05) is 7.05 Å². The van der Waals surface area contributed by atoms with Gasteiger partial charge in [0.05, 0.1) is 22.8 Å². The van der Waals surface area contributed by atoms with Crippen LogP contribution in [0, 0.1) is 0 Å². The third-order valence-corrected chi connectivity index (χ3v) is 2.85. The summed E-state index contributed by atoms with van der Waals surface area (Å²) >= 11 is 5.81. The molecule has 2 aromatic rings. The van der Waals surface area contributed by atoms with Gasteiger partial charge < -0.3 is 5.32 Å². The smallest absolute Gasteiger partial charge is 0.377 e. The number of nitrogens with zero attached hydrogens (tertiary/aromatic N) is 3. The maximum atomic E-state index is 12.5. The van der Waals surface area contributed by atoms with E-state index in [2.05, 4.69) is 15.4 Å².